The Balaban J connectivity index is 2.28. The summed E-state index contributed by atoms with van der Waals surface area (Å²) < 4.78 is 43.4. The third kappa shape index (κ3) is 4.53. The molecule has 3 nitrogen and oxygen atoms in total. The number of rotatable bonds is 3. The number of hydrogen-bond acceptors (Lipinski definition) is 4. The fourth-order valence-electron chi connectivity index (χ4n) is 0.549. The Morgan fingerprint density at radius 3 is 2.62 bits per heavy atom. The molecule has 74 valence electrons. The van der Waals surface area contributed by atoms with Crippen LogP contribution in [0.4, 0.5) is 13.2 Å². The molecule has 0 radical (unpaired) electrons. The molecule has 13 heavy (non-hydrogen) atoms. The topological polar surface area (TPSA) is 35.0 Å². The lowest BCUT2D eigenvalue weighted by molar-refractivity contribution is -0.177. The zero-order valence-corrected chi connectivity index (χ0v) is 8.54. The van der Waals surface area contributed by atoms with Crippen LogP contribution in [0.1, 0.15) is 5.82 Å². The third-order valence-electron chi connectivity index (χ3n) is 0.940. The van der Waals surface area contributed by atoms with Gasteiger partial charge in [0.05, 0.1) is 0 Å². The average Bonchev–Trinajstić information content (AvgIpc) is 2.33. The molecule has 0 N–H and O–H groups in total. The van der Waals surface area contributed by atoms with Crippen molar-refractivity contribution in [3.8, 4) is 0 Å². The molecule has 0 fully saturated rings. The van der Waals surface area contributed by atoms with Crippen LogP contribution in [-0.2, 0) is 11.3 Å². The second-order valence-corrected chi connectivity index (χ2v) is 4.10. The summed E-state index contributed by atoms with van der Waals surface area (Å²) in [6.45, 7) is -1.49. The summed E-state index contributed by atoms with van der Waals surface area (Å²) in [5, 5.41) is 0. The van der Waals surface area contributed by atoms with Crippen LogP contribution in [0.3, 0.4) is 0 Å². The number of halogens is 4. The van der Waals surface area contributed by atoms with E-state index in [-0.39, 0.29) is 12.4 Å². The zero-order chi connectivity index (χ0) is 9.90. The van der Waals surface area contributed by atoms with Crippen molar-refractivity contribution in [3.05, 3.63) is 9.74 Å². The fraction of sp³-hybridized carbons (Fsp3) is 0.600. The first-order chi connectivity index (χ1) is 5.97. The second-order valence-electron chi connectivity index (χ2n) is 2.07. The van der Waals surface area contributed by atoms with Gasteiger partial charge in [-0.3, -0.25) is 0 Å². The molecule has 0 aliphatic carbocycles. The summed E-state index contributed by atoms with van der Waals surface area (Å²) in [6, 6.07) is 0. The molecule has 0 aliphatic heterocycles. The summed E-state index contributed by atoms with van der Waals surface area (Å²) in [5.74, 6) is 0.251. The molecular formula is C5H4BrF3N2OS. The standard InChI is InChI=1S/C5H4BrF3N2OS/c6-4-10-3(11-13-4)1-12-2-5(7,8)9/h1-2H2. The summed E-state index contributed by atoms with van der Waals surface area (Å²) in [6.07, 6.45) is -4.30. The molecule has 0 atom stereocenters. The van der Waals surface area contributed by atoms with Gasteiger partial charge in [-0.05, 0) is 27.5 Å². The third-order valence-corrected chi connectivity index (χ3v) is 2.10. The van der Waals surface area contributed by atoms with E-state index in [1.54, 1.807) is 0 Å². The molecule has 0 aromatic carbocycles. The SMILES string of the molecule is FC(F)(F)COCc1nsc(Br)n1. The number of aromatic nitrogens is 2. The summed E-state index contributed by atoms with van der Waals surface area (Å²) in [4.78, 5) is 3.76. The Morgan fingerprint density at radius 2 is 2.15 bits per heavy atom. The fourth-order valence-corrected chi connectivity index (χ4v) is 1.39. The lowest BCUT2D eigenvalue weighted by atomic mass is 10.6. The largest absolute Gasteiger partial charge is 0.411 e. The maximum atomic E-state index is 11.6. The summed E-state index contributed by atoms with van der Waals surface area (Å²) >= 11 is 4.09. The predicted octanol–water partition coefficient (Wildman–Crippen LogP) is 2.38. The van der Waals surface area contributed by atoms with Gasteiger partial charge in [0.15, 0.2) is 9.74 Å². The van der Waals surface area contributed by atoms with Gasteiger partial charge in [0.2, 0.25) is 0 Å². The molecule has 1 aromatic rings. The van der Waals surface area contributed by atoms with Gasteiger partial charge in [-0.2, -0.15) is 17.5 Å². The monoisotopic (exact) mass is 276 g/mol. The molecule has 0 spiro atoms. The van der Waals surface area contributed by atoms with Crippen molar-refractivity contribution in [3.63, 3.8) is 0 Å². The van der Waals surface area contributed by atoms with E-state index in [4.69, 9.17) is 0 Å². The van der Waals surface area contributed by atoms with Gasteiger partial charge < -0.3 is 4.74 Å². The maximum Gasteiger partial charge on any atom is 0.411 e. The second kappa shape index (κ2) is 4.34. The molecule has 8 heteroatoms. The van der Waals surface area contributed by atoms with E-state index in [1.807, 2.05) is 0 Å². The van der Waals surface area contributed by atoms with E-state index in [1.165, 1.54) is 0 Å². The van der Waals surface area contributed by atoms with Gasteiger partial charge in [-0.25, -0.2) is 4.98 Å². The van der Waals surface area contributed by atoms with E-state index >= 15 is 0 Å². The van der Waals surface area contributed by atoms with E-state index in [0.29, 0.717) is 3.92 Å². The van der Waals surface area contributed by atoms with E-state index in [2.05, 4.69) is 30.0 Å². The van der Waals surface area contributed by atoms with Gasteiger partial charge in [-0.15, -0.1) is 0 Å². The van der Waals surface area contributed by atoms with Crippen LogP contribution in [0.25, 0.3) is 0 Å². The van der Waals surface area contributed by atoms with Gasteiger partial charge in [0.1, 0.15) is 13.2 Å². The minimum Gasteiger partial charge on any atom is -0.364 e. The van der Waals surface area contributed by atoms with E-state index in [0.717, 1.165) is 11.5 Å². The Labute approximate surface area is 84.2 Å². The molecular weight excluding hydrogens is 273 g/mol. The highest BCUT2D eigenvalue weighted by atomic mass is 79.9. The summed E-state index contributed by atoms with van der Waals surface area (Å²) in [7, 11) is 0. The van der Waals surface area contributed by atoms with Crippen molar-refractivity contribution < 1.29 is 17.9 Å². The van der Waals surface area contributed by atoms with Crippen LogP contribution < -0.4 is 0 Å². The molecule has 1 aromatic heterocycles. The molecule has 0 bridgehead atoms. The van der Waals surface area contributed by atoms with Crippen LogP contribution in [0.2, 0.25) is 0 Å². The molecule has 1 heterocycles. The molecule has 0 amide bonds. The number of nitrogens with zero attached hydrogens (tertiary/aromatic N) is 2. The van der Waals surface area contributed by atoms with E-state index in [9.17, 15) is 13.2 Å². The predicted molar refractivity (Wildman–Crippen MR) is 43.3 cm³/mol. The van der Waals surface area contributed by atoms with Crippen LogP contribution >= 0.6 is 27.5 Å². The van der Waals surface area contributed by atoms with Crippen LogP contribution in [-0.4, -0.2) is 22.1 Å². The minimum atomic E-state index is -4.30. The van der Waals surface area contributed by atoms with Crippen molar-refractivity contribution >= 4 is 27.5 Å². The Hall–Kier alpha value is -0.210. The Morgan fingerprint density at radius 1 is 1.46 bits per heavy atom. The molecule has 0 saturated carbocycles. The number of alkyl halides is 3. The first-order valence-electron chi connectivity index (χ1n) is 3.10. The van der Waals surface area contributed by atoms with Crippen LogP contribution in [0.5, 0.6) is 0 Å². The van der Waals surface area contributed by atoms with Crippen LogP contribution in [0.15, 0.2) is 3.92 Å². The highest BCUT2D eigenvalue weighted by molar-refractivity contribution is 9.11. The number of ether oxygens (including phenoxy) is 1. The smallest absolute Gasteiger partial charge is 0.364 e. The van der Waals surface area contributed by atoms with Crippen molar-refractivity contribution in [1.82, 2.24) is 9.36 Å². The highest BCUT2D eigenvalue weighted by Crippen LogP contribution is 2.16. The van der Waals surface area contributed by atoms with Crippen molar-refractivity contribution in [1.29, 1.82) is 0 Å². The quantitative estimate of drug-likeness (QED) is 0.850. The molecule has 1 rings (SSSR count). The highest BCUT2D eigenvalue weighted by Gasteiger charge is 2.27. The zero-order valence-electron chi connectivity index (χ0n) is 6.14. The number of hydrogen-bond donors (Lipinski definition) is 0. The molecule has 0 unspecified atom stereocenters. The Bertz CT molecular complexity index is 277. The van der Waals surface area contributed by atoms with Gasteiger partial charge in [-0.1, -0.05) is 0 Å². The van der Waals surface area contributed by atoms with Crippen molar-refractivity contribution in [2.75, 3.05) is 6.61 Å². The first kappa shape index (κ1) is 10.9. The van der Waals surface area contributed by atoms with E-state index < -0.39 is 12.8 Å². The lowest BCUT2D eigenvalue weighted by Gasteiger charge is -2.04. The lowest BCUT2D eigenvalue weighted by Crippen LogP contribution is -2.16. The van der Waals surface area contributed by atoms with Gasteiger partial charge in [0, 0.05) is 0 Å². The average molecular weight is 277 g/mol. The van der Waals surface area contributed by atoms with Crippen molar-refractivity contribution in [2.45, 2.75) is 12.8 Å². The molecule has 0 aliphatic rings. The Kier molecular flexibility index (Phi) is 3.63. The van der Waals surface area contributed by atoms with Gasteiger partial charge >= 0.3 is 6.18 Å². The van der Waals surface area contributed by atoms with Crippen molar-refractivity contribution in [2.24, 2.45) is 0 Å². The minimum absolute atomic E-state index is 0.221. The van der Waals surface area contributed by atoms with Gasteiger partial charge in [0.25, 0.3) is 0 Å². The normalized spacial score (nSPS) is 12.0. The maximum absolute atomic E-state index is 11.6. The van der Waals surface area contributed by atoms with Crippen LogP contribution in [0, 0.1) is 0 Å². The summed E-state index contributed by atoms with van der Waals surface area (Å²) in [5.41, 5.74) is 0. The first-order valence-corrected chi connectivity index (χ1v) is 4.66. The molecule has 0 saturated heterocycles.